The average Bonchev–Trinajstić information content (AvgIpc) is 2.79. The summed E-state index contributed by atoms with van der Waals surface area (Å²) >= 11 is 0. The Balaban J connectivity index is 1.98. The maximum absolute atomic E-state index is 11.4. The smallest absolute Gasteiger partial charge is 0.305 e. The molecule has 0 radical (unpaired) electrons. The fourth-order valence-corrected chi connectivity index (χ4v) is 2.72. The maximum atomic E-state index is 11.4. The topological polar surface area (TPSA) is 26.3 Å². The molecule has 2 nitrogen and oxygen atoms in total. The summed E-state index contributed by atoms with van der Waals surface area (Å²) < 4.78 is 5.35. The zero-order chi connectivity index (χ0) is 13.2. The molecule has 0 unspecified atom stereocenters. The Hall–Kier alpha value is -2.09. The molecule has 0 bridgehead atoms. The van der Waals surface area contributed by atoms with Crippen LogP contribution in [0.25, 0.3) is 11.1 Å². The largest absolute Gasteiger partial charge is 0.465 e. The van der Waals surface area contributed by atoms with Gasteiger partial charge < -0.3 is 4.74 Å². The number of carbonyl (C=O) groups is 1. The van der Waals surface area contributed by atoms with Crippen molar-refractivity contribution < 1.29 is 9.53 Å². The van der Waals surface area contributed by atoms with Gasteiger partial charge in [-0.2, -0.15) is 0 Å². The molecule has 0 heterocycles. The number of ether oxygens (including phenoxy) is 1. The molecule has 2 aromatic carbocycles. The van der Waals surface area contributed by atoms with E-state index in [1.807, 2.05) is 19.1 Å². The second-order valence-corrected chi connectivity index (χ2v) is 4.76. The molecule has 3 rings (SSSR count). The van der Waals surface area contributed by atoms with Gasteiger partial charge in [-0.3, -0.25) is 4.79 Å². The summed E-state index contributed by atoms with van der Waals surface area (Å²) in [6.45, 7) is 2.25. The molecule has 0 spiro atoms. The first-order valence-electron chi connectivity index (χ1n) is 6.65. The van der Waals surface area contributed by atoms with Crippen LogP contribution in [0.2, 0.25) is 0 Å². The van der Waals surface area contributed by atoms with Crippen LogP contribution in [0, 0.1) is 0 Å². The first kappa shape index (κ1) is 12.0. The first-order valence-corrected chi connectivity index (χ1v) is 6.65. The van der Waals surface area contributed by atoms with Crippen LogP contribution >= 0.6 is 0 Å². The summed E-state index contributed by atoms with van der Waals surface area (Å²) in [5.41, 5.74) is 5.03. The van der Waals surface area contributed by atoms with Crippen LogP contribution in [0.1, 0.15) is 30.4 Å². The lowest BCUT2D eigenvalue weighted by Crippen LogP contribution is -2.11. The van der Waals surface area contributed by atoms with E-state index >= 15 is 0 Å². The minimum atomic E-state index is -0.137. The van der Waals surface area contributed by atoms with E-state index in [1.165, 1.54) is 22.3 Å². The summed E-state index contributed by atoms with van der Waals surface area (Å²) in [6, 6.07) is 16.7. The van der Waals surface area contributed by atoms with Crippen molar-refractivity contribution in [3.63, 3.8) is 0 Å². The fraction of sp³-hybridized carbons (Fsp3) is 0.235. The summed E-state index contributed by atoms with van der Waals surface area (Å²) in [5, 5.41) is 0. The van der Waals surface area contributed by atoms with Crippen molar-refractivity contribution in [3.05, 3.63) is 59.7 Å². The van der Waals surface area contributed by atoms with Crippen molar-refractivity contribution >= 4 is 5.97 Å². The summed E-state index contributed by atoms with van der Waals surface area (Å²) in [7, 11) is 0. The van der Waals surface area contributed by atoms with Crippen molar-refractivity contribution in [2.45, 2.75) is 19.3 Å². The molecule has 2 heteroatoms. The molecule has 0 saturated heterocycles. The lowest BCUT2D eigenvalue weighted by molar-refractivity contribution is -0.143. The molecule has 0 aromatic heterocycles. The van der Waals surface area contributed by atoms with Gasteiger partial charge in [-0.1, -0.05) is 55.5 Å². The highest BCUT2D eigenvalue weighted by atomic mass is 16.5. The highest BCUT2D eigenvalue weighted by Gasteiger charge is 2.28. The van der Waals surface area contributed by atoms with Crippen molar-refractivity contribution in [1.82, 2.24) is 0 Å². The van der Waals surface area contributed by atoms with E-state index in [1.54, 1.807) is 0 Å². The molecule has 0 amide bonds. The highest BCUT2D eigenvalue weighted by Crippen LogP contribution is 2.44. The van der Waals surface area contributed by atoms with Crippen molar-refractivity contribution in [2.24, 2.45) is 0 Å². The molecule has 19 heavy (non-hydrogen) atoms. The van der Waals surface area contributed by atoms with Crippen LogP contribution < -0.4 is 0 Å². The van der Waals surface area contributed by atoms with Crippen LogP contribution in [0.4, 0.5) is 0 Å². The maximum Gasteiger partial charge on any atom is 0.305 e. The number of rotatable bonds is 3. The predicted molar refractivity (Wildman–Crippen MR) is 75.0 cm³/mol. The third-order valence-electron chi connectivity index (χ3n) is 3.66. The van der Waals surface area contributed by atoms with Crippen molar-refractivity contribution in [2.75, 3.05) is 6.61 Å². The van der Waals surface area contributed by atoms with Crippen LogP contribution in [0.3, 0.4) is 0 Å². The van der Waals surface area contributed by atoms with Crippen molar-refractivity contribution in [1.29, 1.82) is 0 Å². The first-order chi connectivity index (χ1) is 9.31. The van der Waals surface area contributed by atoms with E-state index in [9.17, 15) is 4.79 Å². The van der Waals surface area contributed by atoms with Gasteiger partial charge in [0, 0.05) is 12.3 Å². The second-order valence-electron chi connectivity index (χ2n) is 4.76. The third kappa shape index (κ3) is 2.03. The van der Waals surface area contributed by atoms with Gasteiger partial charge in [-0.25, -0.2) is 0 Å². The average molecular weight is 252 g/mol. The van der Waals surface area contributed by atoms with Crippen molar-refractivity contribution in [3.8, 4) is 11.1 Å². The highest BCUT2D eigenvalue weighted by molar-refractivity contribution is 5.79. The summed E-state index contributed by atoms with van der Waals surface area (Å²) in [5.74, 6) is 0.0322. The van der Waals surface area contributed by atoms with Gasteiger partial charge in [-0.05, 0) is 22.3 Å². The molecule has 1 aliphatic rings. The lowest BCUT2D eigenvalue weighted by Gasteiger charge is -2.13. The zero-order valence-corrected chi connectivity index (χ0v) is 10.9. The quantitative estimate of drug-likeness (QED) is 0.778. The van der Waals surface area contributed by atoms with Crippen LogP contribution in [-0.2, 0) is 9.53 Å². The van der Waals surface area contributed by atoms with Crippen LogP contribution in [0.15, 0.2) is 48.5 Å². The molecule has 0 aliphatic heterocycles. The Kier molecular flexibility index (Phi) is 3.08. The standard InChI is InChI=1S/C17H16O2/c1-2-17(18)19-11-16-14-9-5-3-7-12(14)13-8-4-6-10-15(13)16/h3-10,16H,2,11H2,1H3. The Bertz CT molecular complexity index is 571. The number of hydrogen-bond donors (Lipinski definition) is 0. The van der Waals surface area contributed by atoms with E-state index in [0.717, 1.165) is 0 Å². The Morgan fingerprint density at radius 3 is 2.05 bits per heavy atom. The molecule has 0 fully saturated rings. The summed E-state index contributed by atoms with van der Waals surface area (Å²) in [4.78, 5) is 11.4. The van der Waals surface area contributed by atoms with E-state index in [0.29, 0.717) is 13.0 Å². The SMILES string of the molecule is CCC(=O)OCC1c2ccccc2-c2ccccc21. The number of hydrogen-bond acceptors (Lipinski definition) is 2. The monoisotopic (exact) mass is 252 g/mol. The minimum absolute atomic E-state index is 0.137. The molecule has 0 N–H and O–H groups in total. The van der Waals surface area contributed by atoms with E-state index < -0.39 is 0 Å². The van der Waals surface area contributed by atoms with E-state index in [4.69, 9.17) is 4.74 Å². The molecule has 2 aromatic rings. The summed E-state index contributed by atoms with van der Waals surface area (Å²) in [6.07, 6.45) is 0.427. The van der Waals surface area contributed by atoms with Crippen LogP contribution in [-0.4, -0.2) is 12.6 Å². The fourth-order valence-electron chi connectivity index (χ4n) is 2.72. The Morgan fingerprint density at radius 2 is 1.53 bits per heavy atom. The van der Waals surface area contributed by atoms with Gasteiger partial charge in [0.2, 0.25) is 0 Å². The molecular weight excluding hydrogens is 236 g/mol. The Labute approximate surface area is 113 Å². The van der Waals surface area contributed by atoms with Gasteiger partial charge in [0.15, 0.2) is 0 Å². The van der Waals surface area contributed by atoms with E-state index in [2.05, 4.69) is 36.4 Å². The van der Waals surface area contributed by atoms with E-state index in [-0.39, 0.29) is 11.9 Å². The number of benzene rings is 2. The number of carbonyl (C=O) groups excluding carboxylic acids is 1. The molecule has 0 atom stereocenters. The lowest BCUT2D eigenvalue weighted by atomic mass is 9.98. The Morgan fingerprint density at radius 1 is 1.00 bits per heavy atom. The van der Waals surface area contributed by atoms with Gasteiger partial charge >= 0.3 is 5.97 Å². The van der Waals surface area contributed by atoms with Gasteiger partial charge in [0.1, 0.15) is 6.61 Å². The zero-order valence-electron chi connectivity index (χ0n) is 10.9. The van der Waals surface area contributed by atoms with Gasteiger partial charge in [0.05, 0.1) is 0 Å². The molecule has 96 valence electrons. The second kappa shape index (κ2) is 4.88. The molecular formula is C17H16O2. The van der Waals surface area contributed by atoms with Gasteiger partial charge in [-0.15, -0.1) is 0 Å². The third-order valence-corrected chi connectivity index (χ3v) is 3.66. The normalized spacial score (nSPS) is 12.9. The minimum Gasteiger partial charge on any atom is -0.465 e. The predicted octanol–water partition coefficient (Wildman–Crippen LogP) is 3.75. The molecule has 0 saturated carbocycles. The van der Waals surface area contributed by atoms with Gasteiger partial charge in [0.25, 0.3) is 0 Å². The number of esters is 1. The molecule has 1 aliphatic carbocycles. The van der Waals surface area contributed by atoms with Crippen LogP contribution in [0.5, 0.6) is 0 Å². The number of fused-ring (bicyclic) bond motifs is 3.